The maximum absolute atomic E-state index is 12.0. The molecular weight excluding hydrogens is 274 g/mol. The highest BCUT2D eigenvalue weighted by molar-refractivity contribution is 5.93. The minimum atomic E-state index is -0.685. The van der Waals surface area contributed by atoms with Crippen LogP contribution in [0.4, 0.5) is 5.69 Å². The predicted molar refractivity (Wildman–Crippen MR) is 74.6 cm³/mol. The number of aldehydes is 1. The summed E-state index contributed by atoms with van der Waals surface area (Å²) in [5.74, 6) is -0.424. The van der Waals surface area contributed by atoms with Gasteiger partial charge in [0.05, 0.1) is 10.5 Å². The second kappa shape index (κ2) is 5.96. The Morgan fingerprint density at radius 3 is 2.43 bits per heavy atom. The monoisotopic (exact) mass is 285 g/mol. The number of hydrogen-bond donors (Lipinski definition) is 0. The maximum Gasteiger partial charge on any atom is 0.344 e. The second-order valence-electron chi connectivity index (χ2n) is 4.28. The third-order valence-corrected chi connectivity index (χ3v) is 2.95. The molecule has 0 unspecified atom stereocenters. The van der Waals surface area contributed by atoms with E-state index in [0.717, 1.165) is 0 Å². The number of nitro groups is 1. The zero-order valence-electron chi connectivity index (χ0n) is 11.1. The van der Waals surface area contributed by atoms with Gasteiger partial charge in [0.1, 0.15) is 12.0 Å². The van der Waals surface area contributed by atoms with Crippen LogP contribution in [0.25, 0.3) is 0 Å². The van der Waals surface area contributed by atoms with Crippen LogP contribution >= 0.6 is 0 Å². The summed E-state index contributed by atoms with van der Waals surface area (Å²) in [6, 6.07) is 10.2. The first-order valence-corrected chi connectivity index (χ1v) is 6.04. The maximum atomic E-state index is 12.0. The van der Waals surface area contributed by atoms with Gasteiger partial charge < -0.3 is 4.74 Å². The largest absolute Gasteiger partial charge is 0.423 e. The number of nitro benzene ring substituents is 1. The number of rotatable bonds is 4. The summed E-state index contributed by atoms with van der Waals surface area (Å²) in [7, 11) is 0. The second-order valence-corrected chi connectivity index (χ2v) is 4.28. The highest BCUT2D eigenvalue weighted by atomic mass is 16.6. The van der Waals surface area contributed by atoms with Gasteiger partial charge in [-0.3, -0.25) is 14.9 Å². The van der Waals surface area contributed by atoms with Crippen LogP contribution in [-0.2, 0) is 0 Å². The van der Waals surface area contributed by atoms with Gasteiger partial charge in [-0.25, -0.2) is 4.79 Å². The number of ether oxygens (including phenoxy) is 1. The summed E-state index contributed by atoms with van der Waals surface area (Å²) >= 11 is 0. The van der Waals surface area contributed by atoms with Gasteiger partial charge in [-0.2, -0.15) is 0 Å². The Balaban J connectivity index is 2.25. The molecule has 0 aliphatic rings. The van der Waals surface area contributed by atoms with Crippen molar-refractivity contribution in [1.82, 2.24) is 0 Å². The van der Waals surface area contributed by atoms with E-state index in [0.29, 0.717) is 11.8 Å². The molecule has 0 atom stereocenters. The van der Waals surface area contributed by atoms with Gasteiger partial charge in [-0.15, -0.1) is 0 Å². The first kappa shape index (κ1) is 14.4. The van der Waals surface area contributed by atoms with Crippen molar-refractivity contribution in [2.45, 2.75) is 6.92 Å². The smallest absolute Gasteiger partial charge is 0.344 e. The van der Waals surface area contributed by atoms with Crippen molar-refractivity contribution in [2.24, 2.45) is 0 Å². The lowest BCUT2D eigenvalue weighted by Crippen LogP contribution is -2.11. The van der Waals surface area contributed by atoms with Crippen LogP contribution in [-0.4, -0.2) is 17.2 Å². The Bertz CT molecular complexity index is 707. The van der Waals surface area contributed by atoms with E-state index in [9.17, 15) is 19.7 Å². The third kappa shape index (κ3) is 3.11. The van der Waals surface area contributed by atoms with Crippen molar-refractivity contribution in [2.75, 3.05) is 0 Å². The molecule has 6 heteroatoms. The molecule has 0 aromatic heterocycles. The van der Waals surface area contributed by atoms with E-state index < -0.39 is 10.9 Å². The molecule has 6 nitrogen and oxygen atoms in total. The van der Waals surface area contributed by atoms with E-state index in [4.69, 9.17) is 4.74 Å². The molecule has 106 valence electrons. The molecule has 2 aromatic carbocycles. The number of hydrogen-bond acceptors (Lipinski definition) is 5. The van der Waals surface area contributed by atoms with Gasteiger partial charge in [-0.05, 0) is 37.3 Å². The van der Waals surface area contributed by atoms with Crippen LogP contribution in [0.3, 0.4) is 0 Å². The van der Waals surface area contributed by atoms with Gasteiger partial charge in [0.2, 0.25) is 0 Å². The van der Waals surface area contributed by atoms with E-state index in [1.165, 1.54) is 49.4 Å². The Labute approximate surface area is 120 Å². The quantitative estimate of drug-likeness (QED) is 0.283. The summed E-state index contributed by atoms with van der Waals surface area (Å²) in [6.45, 7) is 1.49. The van der Waals surface area contributed by atoms with Crippen molar-refractivity contribution in [3.8, 4) is 5.75 Å². The number of nitrogens with zero attached hydrogens (tertiary/aromatic N) is 1. The molecule has 0 radical (unpaired) electrons. The highest BCUT2D eigenvalue weighted by Crippen LogP contribution is 2.22. The van der Waals surface area contributed by atoms with E-state index in [1.807, 2.05) is 0 Å². The Hall–Kier alpha value is -3.02. The molecule has 21 heavy (non-hydrogen) atoms. The van der Waals surface area contributed by atoms with E-state index in [2.05, 4.69) is 0 Å². The molecule has 0 fully saturated rings. The molecule has 0 aliphatic heterocycles. The molecule has 2 rings (SSSR count). The van der Waals surface area contributed by atoms with Crippen LogP contribution in [0.1, 0.15) is 26.3 Å². The first-order chi connectivity index (χ1) is 10.0. The van der Waals surface area contributed by atoms with Crippen molar-refractivity contribution in [3.63, 3.8) is 0 Å². The molecule has 0 heterocycles. The fraction of sp³-hybridized carbons (Fsp3) is 0.0667. The SMILES string of the molecule is Cc1c(C(=O)Oc2ccc(C=O)cc2)cccc1[N+](=O)[O-]. The fourth-order valence-corrected chi connectivity index (χ4v) is 1.82. The van der Waals surface area contributed by atoms with E-state index >= 15 is 0 Å². The first-order valence-electron chi connectivity index (χ1n) is 6.04. The Morgan fingerprint density at radius 2 is 1.86 bits per heavy atom. The van der Waals surface area contributed by atoms with E-state index in [1.54, 1.807) is 0 Å². The lowest BCUT2D eigenvalue weighted by Gasteiger charge is -2.07. The molecule has 0 aliphatic carbocycles. The van der Waals surface area contributed by atoms with Gasteiger partial charge in [0, 0.05) is 17.2 Å². The fourth-order valence-electron chi connectivity index (χ4n) is 1.82. The molecule has 0 spiro atoms. The summed E-state index contributed by atoms with van der Waals surface area (Å²) < 4.78 is 5.14. The topological polar surface area (TPSA) is 86.5 Å². The molecule has 0 saturated heterocycles. The number of carbonyl (C=O) groups excluding carboxylic acids is 2. The lowest BCUT2D eigenvalue weighted by atomic mass is 10.1. The third-order valence-electron chi connectivity index (χ3n) is 2.95. The minimum absolute atomic E-state index is 0.128. The lowest BCUT2D eigenvalue weighted by molar-refractivity contribution is -0.385. The Kier molecular flexibility index (Phi) is 4.08. The standard InChI is InChI=1S/C15H11NO5/c1-10-13(3-2-4-14(10)16(19)20)15(18)21-12-7-5-11(9-17)6-8-12/h2-9H,1H3. The van der Waals surface area contributed by atoms with Crippen molar-refractivity contribution >= 4 is 17.9 Å². The van der Waals surface area contributed by atoms with Crippen LogP contribution in [0.5, 0.6) is 5.75 Å². The summed E-state index contributed by atoms with van der Waals surface area (Å²) in [5.41, 5.74) is 0.697. The Morgan fingerprint density at radius 1 is 1.19 bits per heavy atom. The molecule has 2 aromatic rings. The van der Waals surface area contributed by atoms with Crippen LogP contribution in [0.15, 0.2) is 42.5 Å². The zero-order chi connectivity index (χ0) is 15.4. The van der Waals surface area contributed by atoms with Crippen molar-refractivity contribution in [3.05, 3.63) is 69.3 Å². The molecule has 0 N–H and O–H groups in total. The number of carbonyl (C=O) groups is 2. The molecular formula is C15H11NO5. The zero-order valence-corrected chi connectivity index (χ0v) is 11.1. The molecule has 0 bridgehead atoms. The summed E-state index contributed by atoms with van der Waals surface area (Å²) in [6.07, 6.45) is 0.677. The molecule has 0 amide bonds. The average molecular weight is 285 g/mol. The van der Waals surface area contributed by atoms with Crippen LogP contribution < -0.4 is 4.74 Å². The summed E-state index contributed by atoms with van der Waals surface area (Å²) in [4.78, 5) is 32.9. The van der Waals surface area contributed by atoms with Crippen LogP contribution in [0, 0.1) is 17.0 Å². The van der Waals surface area contributed by atoms with Crippen LogP contribution in [0.2, 0.25) is 0 Å². The minimum Gasteiger partial charge on any atom is -0.423 e. The average Bonchev–Trinajstić information content (AvgIpc) is 2.47. The normalized spacial score (nSPS) is 9.95. The number of benzene rings is 2. The van der Waals surface area contributed by atoms with Gasteiger partial charge in [-0.1, -0.05) is 6.07 Å². The van der Waals surface area contributed by atoms with Gasteiger partial charge >= 0.3 is 5.97 Å². The summed E-state index contributed by atoms with van der Waals surface area (Å²) in [5, 5.41) is 10.8. The van der Waals surface area contributed by atoms with Crippen molar-refractivity contribution in [1.29, 1.82) is 0 Å². The van der Waals surface area contributed by atoms with Gasteiger partial charge in [0.25, 0.3) is 5.69 Å². The molecule has 0 saturated carbocycles. The van der Waals surface area contributed by atoms with E-state index in [-0.39, 0.29) is 22.6 Å². The van der Waals surface area contributed by atoms with Gasteiger partial charge in [0.15, 0.2) is 0 Å². The predicted octanol–water partition coefficient (Wildman–Crippen LogP) is 2.93. The van der Waals surface area contributed by atoms with Crippen molar-refractivity contribution < 1.29 is 19.2 Å². The number of esters is 1. The highest BCUT2D eigenvalue weighted by Gasteiger charge is 2.19.